The van der Waals surface area contributed by atoms with Gasteiger partial charge < -0.3 is 11.5 Å². The highest BCUT2D eigenvalue weighted by atomic mass is 32.1. The second kappa shape index (κ2) is 3.75. The average Bonchev–Trinajstić information content (AvgIpc) is 2.55. The van der Waals surface area contributed by atoms with E-state index >= 15 is 0 Å². The second-order valence-corrected chi connectivity index (χ2v) is 4.95. The van der Waals surface area contributed by atoms with Crippen molar-refractivity contribution < 1.29 is 4.79 Å². The molecule has 16 heavy (non-hydrogen) atoms. The first-order valence-electron chi connectivity index (χ1n) is 4.99. The van der Waals surface area contributed by atoms with Gasteiger partial charge in [0.2, 0.25) is 0 Å². The van der Waals surface area contributed by atoms with Crippen LogP contribution in [0.15, 0.2) is 12.1 Å². The summed E-state index contributed by atoms with van der Waals surface area (Å²) in [6.07, 6.45) is 0. The molecule has 5 heteroatoms. The zero-order valence-electron chi connectivity index (χ0n) is 9.15. The Kier molecular flexibility index (Phi) is 2.55. The van der Waals surface area contributed by atoms with Crippen molar-refractivity contribution in [1.29, 1.82) is 0 Å². The lowest BCUT2D eigenvalue weighted by Gasteiger charge is -2.02. The first-order valence-corrected chi connectivity index (χ1v) is 5.81. The van der Waals surface area contributed by atoms with E-state index in [0.717, 1.165) is 15.9 Å². The fourth-order valence-electron chi connectivity index (χ4n) is 1.52. The monoisotopic (exact) mass is 235 g/mol. The Balaban J connectivity index is 2.67. The van der Waals surface area contributed by atoms with Gasteiger partial charge in [-0.25, -0.2) is 4.98 Å². The number of hydrogen-bond donors (Lipinski definition) is 2. The van der Waals surface area contributed by atoms with E-state index in [1.807, 2.05) is 12.1 Å². The number of thiophene rings is 1. The number of carbonyl (C=O) groups excluding carboxylic acids is 1. The van der Waals surface area contributed by atoms with Gasteiger partial charge in [-0.15, -0.1) is 11.3 Å². The number of nitrogens with two attached hydrogens (primary N) is 2. The number of hydrogen-bond acceptors (Lipinski definition) is 4. The molecule has 0 aromatic carbocycles. The van der Waals surface area contributed by atoms with Crippen molar-refractivity contribution in [3.8, 4) is 0 Å². The predicted molar refractivity (Wildman–Crippen MR) is 66.6 cm³/mol. The SMILES string of the molecule is CC(C)c1ccc2c(N)c(C(N)=O)sc2n1. The molecule has 0 fully saturated rings. The van der Waals surface area contributed by atoms with Crippen molar-refractivity contribution in [3.63, 3.8) is 0 Å². The Morgan fingerprint density at radius 2 is 2.12 bits per heavy atom. The number of carbonyl (C=O) groups is 1. The maximum absolute atomic E-state index is 11.1. The number of nitrogen functional groups attached to an aromatic ring is 1. The highest BCUT2D eigenvalue weighted by Gasteiger charge is 2.15. The summed E-state index contributed by atoms with van der Waals surface area (Å²) in [5.41, 5.74) is 12.5. The third kappa shape index (κ3) is 1.63. The molecule has 4 nitrogen and oxygen atoms in total. The van der Waals surface area contributed by atoms with Crippen LogP contribution in [-0.4, -0.2) is 10.9 Å². The summed E-state index contributed by atoms with van der Waals surface area (Å²) in [4.78, 5) is 16.8. The van der Waals surface area contributed by atoms with E-state index in [9.17, 15) is 4.79 Å². The highest BCUT2D eigenvalue weighted by molar-refractivity contribution is 7.21. The van der Waals surface area contributed by atoms with Gasteiger partial charge in [-0.2, -0.15) is 0 Å². The molecule has 2 heterocycles. The maximum Gasteiger partial charge on any atom is 0.260 e. The Morgan fingerprint density at radius 3 is 2.69 bits per heavy atom. The van der Waals surface area contributed by atoms with Crippen molar-refractivity contribution in [2.24, 2.45) is 5.73 Å². The molecule has 0 aliphatic heterocycles. The zero-order valence-corrected chi connectivity index (χ0v) is 9.97. The van der Waals surface area contributed by atoms with Crippen LogP contribution in [-0.2, 0) is 0 Å². The van der Waals surface area contributed by atoms with Crippen LogP contribution in [0.4, 0.5) is 5.69 Å². The summed E-state index contributed by atoms with van der Waals surface area (Å²) >= 11 is 1.25. The van der Waals surface area contributed by atoms with Gasteiger partial charge in [0.05, 0.1) is 5.69 Å². The first kappa shape index (κ1) is 10.9. The van der Waals surface area contributed by atoms with Gasteiger partial charge in [-0.05, 0) is 18.1 Å². The fourth-order valence-corrected chi connectivity index (χ4v) is 2.47. The molecule has 0 saturated heterocycles. The average molecular weight is 235 g/mol. The molecule has 1 amide bonds. The van der Waals surface area contributed by atoms with Crippen molar-refractivity contribution in [1.82, 2.24) is 4.98 Å². The molecular weight excluding hydrogens is 222 g/mol. The number of nitrogens with zero attached hydrogens (tertiary/aromatic N) is 1. The fraction of sp³-hybridized carbons (Fsp3) is 0.273. The van der Waals surface area contributed by atoms with Crippen LogP contribution in [0, 0.1) is 0 Å². The topological polar surface area (TPSA) is 82.0 Å². The number of primary amides is 1. The van der Waals surface area contributed by atoms with Crippen LogP contribution < -0.4 is 11.5 Å². The standard InChI is InChI=1S/C11H13N3OS/c1-5(2)7-4-3-6-8(12)9(10(13)15)16-11(6)14-7/h3-5H,12H2,1-2H3,(H2,13,15). The molecule has 4 N–H and O–H groups in total. The van der Waals surface area contributed by atoms with Crippen LogP contribution in [0.1, 0.15) is 35.1 Å². The van der Waals surface area contributed by atoms with Gasteiger partial charge in [-0.3, -0.25) is 4.79 Å². The van der Waals surface area contributed by atoms with Crippen molar-refractivity contribution in [3.05, 3.63) is 22.7 Å². The lowest BCUT2D eigenvalue weighted by atomic mass is 10.1. The number of anilines is 1. The minimum atomic E-state index is -0.494. The van der Waals surface area contributed by atoms with Crippen molar-refractivity contribution >= 4 is 33.1 Å². The third-order valence-electron chi connectivity index (χ3n) is 2.43. The minimum absolute atomic E-state index is 0.352. The van der Waals surface area contributed by atoms with Gasteiger partial charge in [0.25, 0.3) is 5.91 Å². The van der Waals surface area contributed by atoms with E-state index in [2.05, 4.69) is 18.8 Å². The highest BCUT2D eigenvalue weighted by Crippen LogP contribution is 2.32. The summed E-state index contributed by atoms with van der Waals surface area (Å²) in [7, 11) is 0. The molecule has 0 bridgehead atoms. The second-order valence-electron chi connectivity index (χ2n) is 3.95. The van der Waals surface area contributed by atoms with Crippen molar-refractivity contribution in [2.45, 2.75) is 19.8 Å². The molecule has 2 rings (SSSR count). The molecule has 0 spiro atoms. The van der Waals surface area contributed by atoms with Gasteiger partial charge in [0, 0.05) is 11.1 Å². The lowest BCUT2D eigenvalue weighted by molar-refractivity contribution is 0.100. The summed E-state index contributed by atoms with van der Waals surface area (Å²) < 4.78 is 0. The minimum Gasteiger partial charge on any atom is -0.397 e. The van der Waals surface area contributed by atoms with Crippen LogP contribution in [0.25, 0.3) is 10.2 Å². The number of amides is 1. The molecule has 0 aliphatic rings. The third-order valence-corrected chi connectivity index (χ3v) is 3.56. The molecule has 0 radical (unpaired) electrons. The molecule has 84 valence electrons. The smallest absolute Gasteiger partial charge is 0.260 e. The zero-order chi connectivity index (χ0) is 11.9. The van der Waals surface area contributed by atoms with E-state index in [4.69, 9.17) is 11.5 Å². The van der Waals surface area contributed by atoms with E-state index in [0.29, 0.717) is 16.5 Å². The largest absolute Gasteiger partial charge is 0.397 e. The molecule has 0 unspecified atom stereocenters. The first-order chi connectivity index (χ1) is 7.50. The van der Waals surface area contributed by atoms with E-state index in [1.54, 1.807) is 0 Å². The molecule has 0 aliphatic carbocycles. The molecule has 2 aromatic rings. The molecule has 0 saturated carbocycles. The van der Waals surface area contributed by atoms with Gasteiger partial charge in [-0.1, -0.05) is 13.8 Å². The number of fused-ring (bicyclic) bond motifs is 1. The Morgan fingerprint density at radius 1 is 1.44 bits per heavy atom. The Labute approximate surface area is 97.3 Å². The van der Waals surface area contributed by atoms with Crippen LogP contribution in [0.5, 0.6) is 0 Å². The lowest BCUT2D eigenvalue weighted by Crippen LogP contribution is -2.10. The van der Waals surface area contributed by atoms with E-state index in [1.165, 1.54) is 11.3 Å². The van der Waals surface area contributed by atoms with Gasteiger partial charge >= 0.3 is 0 Å². The number of aromatic nitrogens is 1. The van der Waals surface area contributed by atoms with Crippen LogP contribution in [0.3, 0.4) is 0 Å². The normalized spacial score (nSPS) is 11.2. The molecule has 2 aromatic heterocycles. The number of rotatable bonds is 2. The van der Waals surface area contributed by atoms with E-state index < -0.39 is 5.91 Å². The van der Waals surface area contributed by atoms with E-state index in [-0.39, 0.29) is 0 Å². The summed E-state index contributed by atoms with van der Waals surface area (Å²) in [5.74, 6) is -0.142. The Bertz CT molecular complexity index is 560. The predicted octanol–water partition coefficient (Wildman–Crippen LogP) is 2.10. The quantitative estimate of drug-likeness (QED) is 0.836. The summed E-state index contributed by atoms with van der Waals surface area (Å²) in [6, 6.07) is 3.83. The number of pyridine rings is 1. The van der Waals surface area contributed by atoms with Crippen LogP contribution >= 0.6 is 11.3 Å². The van der Waals surface area contributed by atoms with Gasteiger partial charge in [0.15, 0.2) is 0 Å². The summed E-state index contributed by atoms with van der Waals surface area (Å²) in [6.45, 7) is 4.14. The Hall–Kier alpha value is -1.62. The molecule has 0 atom stereocenters. The van der Waals surface area contributed by atoms with Crippen LogP contribution in [0.2, 0.25) is 0 Å². The van der Waals surface area contributed by atoms with Gasteiger partial charge in [0.1, 0.15) is 9.71 Å². The maximum atomic E-state index is 11.1. The van der Waals surface area contributed by atoms with Crippen molar-refractivity contribution in [2.75, 3.05) is 5.73 Å². The summed E-state index contributed by atoms with van der Waals surface area (Å²) in [5, 5.41) is 0.809. The molecular formula is C11H13N3OS.